The van der Waals surface area contributed by atoms with E-state index in [0.717, 1.165) is 24.2 Å². The van der Waals surface area contributed by atoms with Crippen LogP contribution in [0.2, 0.25) is 0 Å². The smallest absolute Gasteiger partial charge is 0.335 e. The number of hydrogen-bond donors (Lipinski definition) is 0. The molecule has 1 aliphatic rings. The van der Waals surface area contributed by atoms with E-state index in [9.17, 15) is 4.79 Å². The first-order valence-corrected chi connectivity index (χ1v) is 16.0. The first kappa shape index (κ1) is 32.2. The van der Waals surface area contributed by atoms with Gasteiger partial charge in [-0.3, -0.25) is 0 Å². The Bertz CT molecular complexity index is 1570. The number of benzene rings is 4. The first-order chi connectivity index (χ1) is 22.0. The highest BCUT2D eigenvalue weighted by molar-refractivity contribution is 5.77. The molecule has 0 aliphatic heterocycles. The summed E-state index contributed by atoms with van der Waals surface area (Å²) in [6, 6.07) is 31.9. The molecule has 4 aromatic rings. The second-order valence-corrected chi connectivity index (χ2v) is 11.5. The summed E-state index contributed by atoms with van der Waals surface area (Å²) < 4.78 is 23.2. The van der Waals surface area contributed by atoms with Crippen molar-refractivity contribution in [2.24, 2.45) is 0 Å². The molecule has 45 heavy (non-hydrogen) atoms. The van der Waals surface area contributed by atoms with E-state index in [-0.39, 0.29) is 18.0 Å². The Kier molecular flexibility index (Phi) is 11.2. The van der Waals surface area contributed by atoms with Gasteiger partial charge < -0.3 is 18.9 Å². The van der Waals surface area contributed by atoms with Gasteiger partial charge in [-0.25, -0.2) is 4.79 Å². The molecule has 0 spiro atoms. The second kappa shape index (κ2) is 15.7. The van der Waals surface area contributed by atoms with E-state index in [0.29, 0.717) is 26.2 Å². The van der Waals surface area contributed by atoms with Gasteiger partial charge in [0, 0.05) is 19.4 Å². The number of hydrogen-bond acceptors (Lipinski definition) is 5. The van der Waals surface area contributed by atoms with E-state index in [1.54, 1.807) is 6.92 Å². The minimum Gasteiger partial charge on any atom is -0.491 e. The Morgan fingerprint density at radius 2 is 1.53 bits per heavy atom. The van der Waals surface area contributed by atoms with Crippen molar-refractivity contribution in [3.05, 3.63) is 136 Å². The molecule has 0 saturated carbocycles. The Hall–Kier alpha value is -4.19. The molecule has 0 amide bonds. The minimum absolute atomic E-state index is 0.219. The first-order valence-electron chi connectivity index (χ1n) is 16.0. The van der Waals surface area contributed by atoms with Crippen molar-refractivity contribution in [1.29, 1.82) is 0 Å². The molecule has 0 bridgehead atoms. The molecule has 0 radical (unpaired) electrons. The lowest BCUT2D eigenvalue weighted by atomic mass is 9.88. The highest BCUT2D eigenvalue weighted by atomic mass is 16.6. The molecule has 0 aromatic heterocycles. The molecular weight excluding hydrogens is 560 g/mol. The van der Waals surface area contributed by atoms with E-state index < -0.39 is 6.10 Å². The van der Waals surface area contributed by atoms with Crippen molar-refractivity contribution in [1.82, 2.24) is 0 Å². The van der Waals surface area contributed by atoms with E-state index in [1.807, 2.05) is 24.3 Å². The van der Waals surface area contributed by atoms with Crippen molar-refractivity contribution >= 4 is 18.1 Å². The Balaban J connectivity index is 1.31. The molecule has 4 aromatic carbocycles. The van der Waals surface area contributed by atoms with Gasteiger partial charge in [-0.2, -0.15) is 0 Å². The fourth-order valence-electron chi connectivity index (χ4n) is 5.91. The lowest BCUT2D eigenvalue weighted by molar-refractivity contribution is -0.154. The van der Waals surface area contributed by atoms with Crippen LogP contribution < -0.4 is 4.74 Å². The summed E-state index contributed by atoms with van der Waals surface area (Å²) >= 11 is 0. The van der Waals surface area contributed by atoms with Gasteiger partial charge in [0.15, 0.2) is 6.10 Å². The molecule has 234 valence electrons. The molecular formula is C40H44O5. The van der Waals surface area contributed by atoms with Crippen LogP contribution in [0, 0.1) is 0 Å². The number of aryl methyl sites for hydroxylation is 1. The van der Waals surface area contributed by atoms with Crippen molar-refractivity contribution in [2.75, 3.05) is 26.9 Å². The second-order valence-electron chi connectivity index (χ2n) is 11.5. The predicted octanol–water partition coefficient (Wildman–Crippen LogP) is 8.58. The zero-order valence-electron chi connectivity index (χ0n) is 26.8. The fourth-order valence-corrected chi connectivity index (χ4v) is 5.91. The summed E-state index contributed by atoms with van der Waals surface area (Å²) in [6.07, 6.45) is 6.21. The van der Waals surface area contributed by atoms with Crippen LogP contribution in [0.3, 0.4) is 0 Å². The van der Waals surface area contributed by atoms with Crippen LogP contribution in [0.15, 0.2) is 91.0 Å². The molecule has 0 saturated heterocycles. The van der Waals surface area contributed by atoms with Crippen molar-refractivity contribution in [3.8, 4) is 5.75 Å². The molecule has 5 rings (SSSR count). The molecule has 1 aliphatic carbocycles. The quantitative estimate of drug-likeness (QED) is 0.107. The zero-order valence-corrected chi connectivity index (χ0v) is 26.8. The molecule has 0 N–H and O–H groups in total. The van der Waals surface area contributed by atoms with E-state index in [1.165, 1.54) is 46.1 Å². The third-order valence-electron chi connectivity index (χ3n) is 8.42. The van der Waals surface area contributed by atoms with Crippen LogP contribution >= 0.6 is 0 Å². The summed E-state index contributed by atoms with van der Waals surface area (Å²) in [5.41, 5.74) is 9.60. The number of fused-ring (bicyclic) bond motifs is 2. The lowest BCUT2D eigenvalue weighted by Gasteiger charge is -2.23. The van der Waals surface area contributed by atoms with Gasteiger partial charge in [0.05, 0.1) is 13.2 Å². The van der Waals surface area contributed by atoms with Crippen LogP contribution in [0.4, 0.5) is 0 Å². The third kappa shape index (κ3) is 8.10. The number of rotatable bonds is 14. The summed E-state index contributed by atoms with van der Waals surface area (Å²) in [5.74, 6) is 0.662. The van der Waals surface area contributed by atoms with Gasteiger partial charge in [0.2, 0.25) is 0 Å². The molecule has 0 heterocycles. The van der Waals surface area contributed by atoms with Crippen LogP contribution in [0.1, 0.15) is 83.7 Å². The summed E-state index contributed by atoms with van der Waals surface area (Å²) in [6.45, 7) is 7.43. The number of ether oxygens (including phenoxy) is 4. The Labute approximate surface area is 267 Å². The van der Waals surface area contributed by atoms with Crippen molar-refractivity contribution in [2.45, 2.75) is 58.2 Å². The maximum Gasteiger partial charge on any atom is 0.335 e. The highest BCUT2D eigenvalue weighted by Crippen LogP contribution is 2.38. The summed E-state index contributed by atoms with van der Waals surface area (Å²) in [7, 11) is 1.52. The standard InChI is InChI=1S/C40H44O5/c1-5-10-29-15-22-36-34(25-29)19-17-32-16-18-33(28(3)31-11-8-7-9-12-31)27-37(32)39(36)45-24-23-44-35-20-13-30(14-21-35)26-38(42-4)40(41)43-6-2/h7-9,11-22,25,27-28,38-39H,5-6,10,23-24,26H2,1-4H3. The average Bonchev–Trinajstić information content (AvgIpc) is 3.22. The van der Waals surface area contributed by atoms with Gasteiger partial charge in [-0.15, -0.1) is 0 Å². The molecule has 3 unspecified atom stereocenters. The van der Waals surface area contributed by atoms with Crippen LogP contribution in [0.5, 0.6) is 5.75 Å². The number of carbonyl (C=O) groups is 1. The Morgan fingerprint density at radius 3 is 2.27 bits per heavy atom. The lowest BCUT2D eigenvalue weighted by Crippen LogP contribution is -2.27. The van der Waals surface area contributed by atoms with E-state index >= 15 is 0 Å². The summed E-state index contributed by atoms with van der Waals surface area (Å²) in [5, 5.41) is 0. The van der Waals surface area contributed by atoms with E-state index in [4.69, 9.17) is 18.9 Å². The number of esters is 1. The van der Waals surface area contributed by atoms with Gasteiger partial charge in [-0.05, 0) is 70.0 Å². The zero-order chi connectivity index (χ0) is 31.6. The SMILES string of the molecule is CCCc1ccc2c(c1)C=Cc1ccc(C(C)c3ccccc3)cc1C2OCCOc1ccc(CC(OC)C(=O)OCC)cc1. The maximum absolute atomic E-state index is 12.1. The highest BCUT2D eigenvalue weighted by Gasteiger charge is 2.24. The van der Waals surface area contributed by atoms with Crippen molar-refractivity contribution < 1.29 is 23.7 Å². The summed E-state index contributed by atoms with van der Waals surface area (Å²) in [4.78, 5) is 12.1. The molecule has 5 heteroatoms. The van der Waals surface area contributed by atoms with Gasteiger partial charge in [-0.1, -0.05) is 111 Å². The normalized spacial score (nSPS) is 15.0. The monoisotopic (exact) mass is 604 g/mol. The fraction of sp³-hybridized carbons (Fsp3) is 0.325. The van der Waals surface area contributed by atoms with Gasteiger partial charge >= 0.3 is 5.97 Å². The van der Waals surface area contributed by atoms with E-state index in [2.05, 4.69) is 92.7 Å². The largest absolute Gasteiger partial charge is 0.491 e. The van der Waals surface area contributed by atoms with Crippen LogP contribution in [0.25, 0.3) is 12.2 Å². The third-order valence-corrected chi connectivity index (χ3v) is 8.42. The van der Waals surface area contributed by atoms with Crippen LogP contribution in [-0.2, 0) is 31.8 Å². The van der Waals surface area contributed by atoms with Crippen molar-refractivity contribution in [3.63, 3.8) is 0 Å². The Morgan fingerprint density at radius 1 is 0.778 bits per heavy atom. The topological polar surface area (TPSA) is 54.0 Å². The predicted molar refractivity (Wildman–Crippen MR) is 181 cm³/mol. The molecule has 0 fully saturated rings. The number of methoxy groups -OCH3 is 1. The molecule has 5 nitrogen and oxygen atoms in total. The average molecular weight is 605 g/mol. The maximum atomic E-state index is 12.1. The number of carbonyl (C=O) groups excluding carboxylic acids is 1. The van der Waals surface area contributed by atoms with Crippen LogP contribution in [-0.4, -0.2) is 39.0 Å². The molecule has 3 atom stereocenters. The van der Waals surface area contributed by atoms with Gasteiger partial charge in [0.25, 0.3) is 0 Å². The minimum atomic E-state index is -0.626. The van der Waals surface area contributed by atoms with Gasteiger partial charge in [0.1, 0.15) is 18.5 Å².